The van der Waals surface area contributed by atoms with E-state index >= 15 is 0 Å². The molecule has 0 aromatic carbocycles. The third-order valence-electron chi connectivity index (χ3n) is 3.15. The van der Waals surface area contributed by atoms with Crippen molar-refractivity contribution in [3.8, 4) is 0 Å². The summed E-state index contributed by atoms with van der Waals surface area (Å²) in [6.07, 6.45) is 9.20. The predicted molar refractivity (Wildman–Crippen MR) is 63.6 cm³/mol. The van der Waals surface area contributed by atoms with Crippen LogP contribution in [-0.2, 0) is 0 Å². The maximum atomic E-state index is 2.66. The van der Waals surface area contributed by atoms with Gasteiger partial charge in [0.1, 0.15) is 0 Å². The quantitative estimate of drug-likeness (QED) is 0.619. The largest absolute Gasteiger partial charge is 0.301 e. The van der Waals surface area contributed by atoms with E-state index in [2.05, 4.69) is 31.7 Å². The second kappa shape index (κ2) is 6.23. The van der Waals surface area contributed by atoms with E-state index in [0.717, 1.165) is 6.04 Å². The summed E-state index contributed by atoms with van der Waals surface area (Å²) in [5, 5.41) is 0. The van der Waals surface area contributed by atoms with Crippen molar-refractivity contribution in [2.45, 2.75) is 58.9 Å². The molecule has 1 saturated heterocycles. The zero-order chi connectivity index (χ0) is 10.4. The molecule has 0 unspecified atom stereocenters. The van der Waals surface area contributed by atoms with Crippen LogP contribution in [0.25, 0.3) is 0 Å². The Morgan fingerprint density at radius 3 is 2.43 bits per heavy atom. The summed E-state index contributed by atoms with van der Waals surface area (Å²) in [6.45, 7) is 9.41. The zero-order valence-electron chi connectivity index (χ0n) is 10.1. The van der Waals surface area contributed by atoms with Crippen molar-refractivity contribution in [3.05, 3.63) is 11.6 Å². The van der Waals surface area contributed by atoms with Crippen LogP contribution in [0.15, 0.2) is 11.6 Å². The van der Waals surface area contributed by atoms with Crippen LogP contribution in [0.1, 0.15) is 52.9 Å². The number of likely N-dealkylation sites (tertiary alicyclic amines) is 1. The predicted octanol–water partition coefficient (Wildman–Crippen LogP) is 3.61. The first-order valence-corrected chi connectivity index (χ1v) is 6.07. The monoisotopic (exact) mass is 195 g/mol. The van der Waals surface area contributed by atoms with Crippen LogP contribution in [0.2, 0.25) is 0 Å². The van der Waals surface area contributed by atoms with Crippen molar-refractivity contribution in [2.24, 2.45) is 0 Å². The van der Waals surface area contributed by atoms with E-state index < -0.39 is 0 Å². The number of hydrogen-bond donors (Lipinski definition) is 0. The van der Waals surface area contributed by atoms with Crippen molar-refractivity contribution in [1.82, 2.24) is 4.90 Å². The summed E-state index contributed by atoms with van der Waals surface area (Å²) in [7, 11) is 0. The molecule has 0 N–H and O–H groups in total. The topological polar surface area (TPSA) is 3.24 Å². The highest BCUT2D eigenvalue weighted by Gasteiger charge is 2.15. The molecule has 1 fully saturated rings. The molecule has 1 heterocycles. The van der Waals surface area contributed by atoms with Crippen molar-refractivity contribution in [2.75, 3.05) is 13.1 Å². The van der Waals surface area contributed by atoms with Gasteiger partial charge in [0, 0.05) is 6.04 Å². The Hall–Kier alpha value is -0.300. The van der Waals surface area contributed by atoms with Gasteiger partial charge in [-0.15, -0.1) is 0 Å². The summed E-state index contributed by atoms with van der Waals surface area (Å²) in [4.78, 5) is 2.66. The van der Waals surface area contributed by atoms with Gasteiger partial charge in [0.05, 0.1) is 0 Å². The summed E-state index contributed by atoms with van der Waals surface area (Å²) in [6, 6.07) is 0.783. The van der Waals surface area contributed by atoms with Crippen LogP contribution in [0, 0.1) is 0 Å². The summed E-state index contributed by atoms with van der Waals surface area (Å²) in [5.74, 6) is 0. The van der Waals surface area contributed by atoms with E-state index in [4.69, 9.17) is 0 Å². The standard InChI is InChI=1S/C13H25N/c1-12(2)8-7-9-13(3)14-10-5-4-6-11-14/h8,13H,4-7,9-11H2,1-3H3/t13-/m0/s1. The third kappa shape index (κ3) is 4.28. The lowest BCUT2D eigenvalue weighted by molar-refractivity contribution is 0.167. The molecule has 0 aromatic heterocycles. The van der Waals surface area contributed by atoms with E-state index in [9.17, 15) is 0 Å². The first-order valence-electron chi connectivity index (χ1n) is 6.07. The average Bonchev–Trinajstić information content (AvgIpc) is 2.18. The number of hydrogen-bond acceptors (Lipinski definition) is 1. The molecular weight excluding hydrogens is 170 g/mol. The van der Waals surface area contributed by atoms with E-state index in [-0.39, 0.29) is 0 Å². The lowest BCUT2D eigenvalue weighted by Crippen LogP contribution is -2.37. The molecule has 0 spiro atoms. The first-order chi connectivity index (χ1) is 6.70. The van der Waals surface area contributed by atoms with Gasteiger partial charge in [-0.05, 0) is 59.5 Å². The Morgan fingerprint density at radius 2 is 1.86 bits per heavy atom. The van der Waals surface area contributed by atoms with Gasteiger partial charge in [-0.2, -0.15) is 0 Å². The minimum atomic E-state index is 0.783. The maximum Gasteiger partial charge on any atom is 0.00698 e. The van der Waals surface area contributed by atoms with Gasteiger partial charge in [0.2, 0.25) is 0 Å². The molecule has 1 rings (SSSR count). The number of nitrogens with zero attached hydrogens (tertiary/aromatic N) is 1. The van der Waals surface area contributed by atoms with Crippen LogP contribution in [0.4, 0.5) is 0 Å². The van der Waals surface area contributed by atoms with E-state index in [1.165, 1.54) is 50.8 Å². The van der Waals surface area contributed by atoms with Crippen LogP contribution >= 0.6 is 0 Å². The van der Waals surface area contributed by atoms with Gasteiger partial charge in [-0.1, -0.05) is 18.1 Å². The SMILES string of the molecule is CC(C)=CCC[C@H](C)N1CCCCC1. The molecule has 0 radical (unpaired) electrons. The van der Waals surface area contributed by atoms with Crippen molar-refractivity contribution >= 4 is 0 Å². The molecule has 1 heteroatoms. The van der Waals surface area contributed by atoms with E-state index in [1.54, 1.807) is 0 Å². The maximum absolute atomic E-state index is 2.66. The smallest absolute Gasteiger partial charge is 0.00698 e. The van der Waals surface area contributed by atoms with Crippen LogP contribution in [-0.4, -0.2) is 24.0 Å². The van der Waals surface area contributed by atoms with Crippen LogP contribution < -0.4 is 0 Å². The van der Waals surface area contributed by atoms with Crippen molar-refractivity contribution in [3.63, 3.8) is 0 Å². The molecule has 1 aliphatic heterocycles. The minimum Gasteiger partial charge on any atom is -0.301 e. The molecule has 1 atom stereocenters. The highest BCUT2D eigenvalue weighted by Crippen LogP contribution is 2.15. The Balaban J connectivity index is 2.19. The third-order valence-corrected chi connectivity index (χ3v) is 3.15. The molecule has 0 bridgehead atoms. The van der Waals surface area contributed by atoms with Gasteiger partial charge in [0.25, 0.3) is 0 Å². The molecule has 1 aliphatic rings. The average molecular weight is 195 g/mol. The Kier molecular flexibility index (Phi) is 5.24. The van der Waals surface area contributed by atoms with Gasteiger partial charge < -0.3 is 4.90 Å². The van der Waals surface area contributed by atoms with Gasteiger partial charge >= 0.3 is 0 Å². The number of allylic oxidation sites excluding steroid dienone is 2. The fraction of sp³-hybridized carbons (Fsp3) is 0.846. The molecule has 0 saturated carbocycles. The molecule has 1 nitrogen and oxygen atoms in total. The van der Waals surface area contributed by atoms with Gasteiger partial charge in [-0.3, -0.25) is 0 Å². The van der Waals surface area contributed by atoms with Crippen molar-refractivity contribution in [1.29, 1.82) is 0 Å². The number of rotatable bonds is 4. The van der Waals surface area contributed by atoms with Gasteiger partial charge in [0.15, 0.2) is 0 Å². The lowest BCUT2D eigenvalue weighted by atomic mass is 10.1. The second-order valence-electron chi connectivity index (χ2n) is 4.80. The first kappa shape index (κ1) is 11.8. The number of piperidine rings is 1. The molecule has 0 amide bonds. The Labute approximate surface area is 89.2 Å². The normalized spacial score (nSPS) is 20.5. The fourth-order valence-corrected chi connectivity index (χ4v) is 2.15. The Bertz CT molecular complexity index is 174. The minimum absolute atomic E-state index is 0.783. The molecule has 0 aromatic rings. The lowest BCUT2D eigenvalue weighted by Gasteiger charge is -2.32. The summed E-state index contributed by atoms with van der Waals surface area (Å²) >= 11 is 0. The van der Waals surface area contributed by atoms with E-state index in [1.807, 2.05) is 0 Å². The zero-order valence-corrected chi connectivity index (χ0v) is 10.1. The summed E-state index contributed by atoms with van der Waals surface area (Å²) < 4.78 is 0. The Morgan fingerprint density at radius 1 is 1.21 bits per heavy atom. The van der Waals surface area contributed by atoms with Crippen LogP contribution in [0.5, 0.6) is 0 Å². The highest BCUT2D eigenvalue weighted by molar-refractivity contribution is 4.93. The second-order valence-corrected chi connectivity index (χ2v) is 4.80. The highest BCUT2D eigenvalue weighted by atomic mass is 15.1. The van der Waals surface area contributed by atoms with Gasteiger partial charge in [-0.25, -0.2) is 0 Å². The molecule has 0 aliphatic carbocycles. The van der Waals surface area contributed by atoms with Crippen molar-refractivity contribution < 1.29 is 0 Å². The summed E-state index contributed by atoms with van der Waals surface area (Å²) in [5.41, 5.74) is 1.45. The van der Waals surface area contributed by atoms with Crippen LogP contribution in [0.3, 0.4) is 0 Å². The fourth-order valence-electron chi connectivity index (χ4n) is 2.15. The molecule has 14 heavy (non-hydrogen) atoms. The molecular formula is C13H25N. The molecule has 82 valence electrons. The van der Waals surface area contributed by atoms with E-state index in [0.29, 0.717) is 0 Å².